The highest BCUT2D eigenvalue weighted by atomic mass is 35.5. The summed E-state index contributed by atoms with van der Waals surface area (Å²) in [6.45, 7) is 2.73. The number of carbonyl (C=O) groups is 2. The summed E-state index contributed by atoms with van der Waals surface area (Å²) >= 11 is 6.39. The third-order valence-electron chi connectivity index (χ3n) is 6.47. The van der Waals surface area contributed by atoms with Crippen molar-refractivity contribution in [2.45, 2.75) is 32.5 Å². The van der Waals surface area contributed by atoms with E-state index in [1.807, 2.05) is 0 Å². The van der Waals surface area contributed by atoms with E-state index in [0.717, 1.165) is 6.07 Å². The summed E-state index contributed by atoms with van der Waals surface area (Å²) in [5.41, 5.74) is -0.511. The van der Waals surface area contributed by atoms with E-state index in [2.05, 4.69) is 20.4 Å². The number of ketones is 1. The summed E-state index contributed by atoms with van der Waals surface area (Å²) in [7, 11) is 0. The zero-order chi connectivity index (χ0) is 30.3. The lowest BCUT2D eigenvalue weighted by Crippen LogP contribution is -2.18. The summed E-state index contributed by atoms with van der Waals surface area (Å²) in [5, 5.41) is 6.75. The zero-order valence-corrected chi connectivity index (χ0v) is 22.6. The first-order valence-corrected chi connectivity index (χ1v) is 12.7. The van der Waals surface area contributed by atoms with Crippen molar-refractivity contribution in [3.8, 4) is 11.4 Å². The van der Waals surface area contributed by atoms with Crippen molar-refractivity contribution < 1.29 is 31.5 Å². The van der Waals surface area contributed by atoms with Gasteiger partial charge in [-0.15, -0.1) is 0 Å². The van der Waals surface area contributed by atoms with Crippen molar-refractivity contribution in [3.05, 3.63) is 100 Å². The number of aromatic nitrogens is 5. The molecule has 0 aliphatic rings. The summed E-state index contributed by atoms with van der Waals surface area (Å²) in [5.74, 6) is -4.02. The number of rotatable bonds is 7. The number of alkyl halides is 3. The number of halogens is 6. The van der Waals surface area contributed by atoms with Crippen LogP contribution in [0.3, 0.4) is 0 Å². The first-order valence-electron chi connectivity index (χ1n) is 12.4. The van der Waals surface area contributed by atoms with Gasteiger partial charge in [-0.05, 0) is 61.0 Å². The van der Waals surface area contributed by atoms with Crippen molar-refractivity contribution in [1.82, 2.24) is 24.1 Å². The molecule has 8 nitrogen and oxygen atoms in total. The number of hydrogen-bond donors (Lipinski definition) is 1. The summed E-state index contributed by atoms with van der Waals surface area (Å²) < 4.78 is 71.3. The fraction of sp³-hybridized carbons (Fsp3) is 0.179. The molecule has 1 atom stereocenters. The topological polar surface area (TPSA) is 94.2 Å². The van der Waals surface area contributed by atoms with Crippen molar-refractivity contribution in [2.24, 2.45) is 0 Å². The molecule has 42 heavy (non-hydrogen) atoms. The number of imidazole rings is 1. The van der Waals surface area contributed by atoms with Crippen LogP contribution in [0.4, 0.5) is 27.8 Å². The molecule has 3 heterocycles. The molecule has 0 radical (unpaired) electrons. The number of nitrogens with zero attached hydrogens (tertiary/aromatic N) is 5. The fourth-order valence-electron chi connectivity index (χ4n) is 4.61. The van der Waals surface area contributed by atoms with Crippen LogP contribution in [0.25, 0.3) is 17.0 Å². The number of carbonyl (C=O) groups excluding carboxylic acids is 2. The molecule has 0 spiro atoms. The third kappa shape index (κ3) is 5.73. The van der Waals surface area contributed by atoms with Crippen LogP contribution in [0.5, 0.6) is 0 Å². The third-order valence-corrected chi connectivity index (χ3v) is 6.82. The minimum absolute atomic E-state index is 0.152. The molecule has 0 saturated carbocycles. The van der Waals surface area contributed by atoms with Gasteiger partial charge in [-0.1, -0.05) is 18.5 Å². The van der Waals surface area contributed by atoms with Crippen molar-refractivity contribution in [1.29, 1.82) is 0 Å². The first kappa shape index (κ1) is 28.9. The van der Waals surface area contributed by atoms with E-state index in [4.69, 9.17) is 11.6 Å². The van der Waals surface area contributed by atoms with Crippen molar-refractivity contribution >= 4 is 34.8 Å². The van der Waals surface area contributed by atoms with Gasteiger partial charge >= 0.3 is 6.18 Å². The molecule has 0 aliphatic heterocycles. The van der Waals surface area contributed by atoms with E-state index in [-0.39, 0.29) is 40.8 Å². The monoisotopic (exact) mass is 602 g/mol. The number of Topliss-reactive ketones (excluding diaryl/α,β-unsaturated/α-hetero) is 1. The maximum Gasteiger partial charge on any atom is 0.416 e. The number of fused-ring (bicyclic) bond motifs is 1. The van der Waals surface area contributed by atoms with E-state index in [9.17, 15) is 31.5 Å². The Bertz CT molecular complexity index is 1850. The van der Waals surface area contributed by atoms with E-state index in [1.165, 1.54) is 34.5 Å². The Morgan fingerprint density at radius 1 is 1.05 bits per heavy atom. The Labute approximate surface area is 239 Å². The molecule has 0 aliphatic carbocycles. The van der Waals surface area contributed by atoms with Crippen LogP contribution in [-0.2, 0) is 17.5 Å². The van der Waals surface area contributed by atoms with Crippen LogP contribution in [0, 0.1) is 11.6 Å². The second kappa shape index (κ2) is 11.0. The molecule has 0 bridgehead atoms. The SMILES string of the molecule is CC(=O)Cn1c(-c2ccc3ncnn3c2)nc(NC(=O)c2cc(F)cc(C(F)(F)F)c2)c1[C@H](C)c1cc(F)ccc1Cl. The van der Waals surface area contributed by atoms with Crippen LogP contribution in [0.1, 0.15) is 46.9 Å². The van der Waals surface area contributed by atoms with Crippen LogP contribution in [-0.4, -0.2) is 35.8 Å². The average Bonchev–Trinajstić information content (AvgIpc) is 3.52. The Hall–Kier alpha value is -4.65. The number of amides is 1. The van der Waals surface area contributed by atoms with Crippen LogP contribution < -0.4 is 5.32 Å². The zero-order valence-electron chi connectivity index (χ0n) is 21.9. The van der Waals surface area contributed by atoms with Gasteiger partial charge in [-0.25, -0.2) is 23.3 Å². The van der Waals surface area contributed by atoms with Gasteiger partial charge in [0.25, 0.3) is 5.91 Å². The highest BCUT2D eigenvalue weighted by molar-refractivity contribution is 6.31. The number of hydrogen-bond acceptors (Lipinski definition) is 5. The smallest absolute Gasteiger partial charge is 0.318 e. The minimum Gasteiger partial charge on any atom is -0.318 e. The number of pyridine rings is 1. The average molecular weight is 603 g/mol. The second-order valence-electron chi connectivity index (χ2n) is 9.51. The van der Waals surface area contributed by atoms with Crippen LogP contribution in [0.15, 0.2) is 61.1 Å². The minimum atomic E-state index is -4.90. The Morgan fingerprint density at radius 3 is 2.52 bits per heavy atom. The Morgan fingerprint density at radius 2 is 1.81 bits per heavy atom. The molecular weight excluding hydrogens is 583 g/mol. The predicted molar refractivity (Wildman–Crippen MR) is 143 cm³/mol. The standard InChI is InChI=1S/C28H20ClF5N6O2/c1-14(41)11-39-24(15(2)21-10-19(30)4-5-22(21)29)25(37-26(39)16-3-6-23-35-13-36-40(23)12-16)38-27(42)17-7-18(28(32,33)34)9-20(31)8-17/h3-10,12-13,15H,11H2,1-2H3,(H,38,42)/t15-/m1/s1. The molecular formula is C28H20ClF5N6O2. The van der Waals surface area contributed by atoms with E-state index in [0.29, 0.717) is 28.9 Å². The van der Waals surface area contributed by atoms with Gasteiger partial charge in [0.2, 0.25) is 0 Å². The lowest BCUT2D eigenvalue weighted by atomic mass is 9.96. The number of nitrogens with one attached hydrogen (secondary N) is 1. The lowest BCUT2D eigenvalue weighted by molar-refractivity contribution is -0.137. The van der Waals surface area contributed by atoms with Gasteiger partial charge in [0, 0.05) is 28.3 Å². The molecule has 0 saturated heterocycles. The van der Waals surface area contributed by atoms with Gasteiger partial charge in [0.15, 0.2) is 11.5 Å². The molecule has 2 aromatic carbocycles. The Kier molecular flexibility index (Phi) is 7.54. The van der Waals surface area contributed by atoms with Crippen molar-refractivity contribution in [3.63, 3.8) is 0 Å². The fourth-order valence-corrected chi connectivity index (χ4v) is 4.89. The Balaban J connectivity index is 1.70. The van der Waals surface area contributed by atoms with E-state index >= 15 is 0 Å². The molecule has 216 valence electrons. The summed E-state index contributed by atoms with van der Waals surface area (Å²) in [4.78, 5) is 34.3. The molecule has 3 aromatic heterocycles. The number of benzene rings is 2. The van der Waals surface area contributed by atoms with E-state index in [1.54, 1.807) is 25.3 Å². The van der Waals surface area contributed by atoms with Gasteiger partial charge in [-0.3, -0.25) is 9.59 Å². The molecule has 14 heteroatoms. The normalized spacial score (nSPS) is 12.5. The highest BCUT2D eigenvalue weighted by Crippen LogP contribution is 2.38. The predicted octanol–water partition coefficient (Wildman–Crippen LogP) is 6.54. The molecule has 0 unspecified atom stereocenters. The maximum absolute atomic E-state index is 14.3. The molecule has 1 amide bonds. The van der Waals surface area contributed by atoms with E-state index < -0.39 is 40.8 Å². The summed E-state index contributed by atoms with van der Waals surface area (Å²) in [6.07, 6.45) is -1.99. The highest BCUT2D eigenvalue weighted by Gasteiger charge is 2.33. The molecule has 0 fully saturated rings. The van der Waals surface area contributed by atoms with Gasteiger partial charge in [0.05, 0.1) is 17.8 Å². The molecule has 1 N–H and O–H groups in total. The maximum atomic E-state index is 14.3. The largest absolute Gasteiger partial charge is 0.416 e. The van der Waals surface area contributed by atoms with Crippen molar-refractivity contribution in [2.75, 3.05) is 5.32 Å². The lowest BCUT2D eigenvalue weighted by Gasteiger charge is -2.19. The van der Waals surface area contributed by atoms with Crippen LogP contribution in [0.2, 0.25) is 5.02 Å². The number of anilines is 1. The second-order valence-corrected chi connectivity index (χ2v) is 9.91. The summed E-state index contributed by atoms with van der Waals surface area (Å²) in [6, 6.07) is 8.43. The van der Waals surface area contributed by atoms with Crippen LogP contribution >= 0.6 is 11.6 Å². The van der Waals surface area contributed by atoms with Gasteiger partial charge in [-0.2, -0.15) is 18.3 Å². The molecule has 5 rings (SSSR count). The molecule has 5 aromatic rings. The van der Waals surface area contributed by atoms with Gasteiger partial charge < -0.3 is 9.88 Å². The quantitative estimate of drug-likeness (QED) is 0.214. The first-order chi connectivity index (χ1) is 19.8. The van der Waals surface area contributed by atoms with Gasteiger partial charge in [0.1, 0.15) is 29.6 Å².